The Morgan fingerprint density at radius 2 is 1.05 bits per heavy atom. The molecule has 1 fully saturated rings. The van der Waals surface area contributed by atoms with Crippen LogP contribution in [0.1, 0.15) is 22.3 Å². The summed E-state index contributed by atoms with van der Waals surface area (Å²) in [6, 6.07) is 28.7. The van der Waals surface area contributed by atoms with Gasteiger partial charge in [-0.25, -0.2) is 4.79 Å². The van der Waals surface area contributed by atoms with Crippen molar-refractivity contribution in [3.05, 3.63) is 140 Å². The highest BCUT2D eigenvalue weighted by Crippen LogP contribution is 2.28. The molecule has 0 atom stereocenters. The van der Waals surface area contributed by atoms with Crippen molar-refractivity contribution in [1.29, 1.82) is 0 Å². The summed E-state index contributed by atoms with van der Waals surface area (Å²) in [5, 5.41) is 1.86. The van der Waals surface area contributed by atoms with Crippen molar-refractivity contribution in [3.8, 4) is 5.75 Å². The predicted octanol–water partition coefficient (Wildman–Crippen LogP) is 8.23. The molecular formula is C31H23Cl3N2O3. The van der Waals surface area contributed by atoms with E-state index in [9.17, 15) is 9.59 Å². The molecule has 0 radical (unpaired) electrons. The maximum atomic E-state index is 13.5. The average molecular weight is 578 g/mol. The van der Waals surface area contributed by atoms with Crippen LogP contribution in [0.5, 0.6) is 5.75 Å². The molecule has 0 spiro atoms. The molecule has 39 heavy (non-hydrogen) atoms. The number of imide groups is 1. The van der Waals surface area contributed by atoms with Crippen LogP contribution in [0.25, 0.3) is 6.08 Å². The number of nitrogens with zero attached hydrogens (tertiary/aromatic N) is 2. The minimum absolute atomic E-state index is 0.140. The van der Waals surface area contributed by atoms with Crippen molar-refractivity contribution >= 4 is 52.8 Å². The fourth-order valence-corrected chi connectivity index (χ4v) is 4.51. The van der Waals surface area contributed by atoms with Crippen molar-refractivity contribution < 1.29 is 14.3 Å². The SMILES string of the molecule is O=C1/C(=C\c2ccc(OCc3ccc(Cl)cc3)cc2)N(Cc2ccc(Cl)cc2)C(=O)N1Cc1ccc(Cl)cc1. The van der Waals surface area contributed by atoms with Gasteiger partial charge in [0, 0.05) is 15.1 Å². The highest BCUT2D eigenvalue weighted by Gasteiger charge is 2.40. The summed E-state index contributed by atoms with van der Waals surface area (Å²) >= 11 is 18.0. The number of rotatable bonds is 8. The monoisotopic (exact) mass is 576 g/mol. The molecule has 0 N–H and O–H groups in total. The molecule has 1 heterocycles. The maximum Gasteiger partial charge on any atom is 0.332 e. The van der Waals surface area contributed by atoms with Gasteiger partial charge in [0.25, 0.3) is 5.91 Å². The van der Waals surface area contributed by atoms with Gasteiger partial charge >= 0.3 is 6.03 Å². The summed E-state index contributed by atoms with van der Waals surface area (Å²) in [4.78, 5) is 29.7. The van der Waals surface area contributed by atoms with Gasteiger partial charge in [0.1, 0.15) is 18.1 Å². The molecule has 0 aromatic heterocycles. The van der Waals surface area contributed by atoms with Gasteiger partial charge in [-0.15, -0.1) is 0 Å². The topological polar surface area (TPSA) is 49.9 Å². The van der Waals surface area contributed by atoms with E-state index in [0.29, 0.717) is 33.1 Å². The van der Waals surface area contributed by atoms with E-state index < -0.39 is 0 Å². The van der Waals surface area contributed by atoms with Crippen LogP contribution in [0.2, 0.25) is 15.1 Å². The summed E-state index contributed by atoms with van der Waals surface area (Å²) in [6.07, 6.45) is 1.72. The molecule has 1 aliphatic heterocycles. The van der Waals surface area contributed by atoms with Crippen LogP contribution >= 0.6 is 34.8 Å². The highest BCUT2D eigenvalue weighted by molar-refractivity contribution is 6.31. The molecule has 1 aliphatic rings. The summed E-state index contributed by atoms with van der Waals surface area (Å²) < 4.78 is 5.87. The third-order valence-electron chi connectivity index (χ3n) is 6.23. The van der Waals surface area contributed by atoms with E-state index in [1.165, 1.54) is 9.80 Å². The quantitative estimate of drug-likeness (QED) is 0.157. The van der Waals surface area contributed by atoms with Crippen LogP contribution in [0.3, 0.4) is 0 Å². The van der Waals surface area contributed by atoms with Gasteiger partial charge in [-0.05, 0) is 76.9 Å². The lowest BCUT2D eigenvalue weighted by Crippen LogP contribution is -2.32. The summed E-state index contributed by atoms with van der Waals surface area (Å²) in [5.41, 5.74) is 3.71. The first-order valence-electron chi connectivity index (χ1n) is 12.2. The number of benzene rings is 4. The van der Waals surface area contributed by atoms with Gasteiger partial charge in [0.2, 0.25) is 0 Å². The Labute approximate surface area is 241 Å². The molecule has 5 nitrogen and oxygen atoms in total. The largest absolute Gasteiger partial charge is 0.489 e. The Morgan fingerprint density at radius 3 is 1.56 bits per heavy atom. The average Bonchev–Trinajstić information content (AvgIpc) is 3.15. The van der Waals surface area contributed by atoms with E-state index in [0.717, 1.165) is 22.3 Å². The second-order valence-corrected chi connectivity index (χ2v) is 10.3. The molecule has 0 bridgehead atoms. The Kier molecular flexibility index (Phi) is 8.22. The standard InChI is InChI=1S/C31H23Cl3N2O3/c32-25-9-1-22(2-10-25)18-35-29(30(37)36(31(35)38)19-23-3-11-26(33)12-4-23)17-21-7-15-28(16-8-21)39-20-24-5-13-27(34)14-6-24/h1-17H,18-20H2/b29-17+. The lowest BCUT2D eigenvalue weighted by Gasteiger charge is -2.17. The van der Waals surface area contributed by atoms with Gasteiger partial charge < -0.3 is 4.74 Å². The molecule has 3 amide bonds. The number of hydrogen-bond donors (Lipinski definition) is 0. The summed E-state index contributed by atoms with van der Waals surface area (Å²) in [7, 11) is 0. The molecule has 4 aromatic carbocycles. The normalized spacial score (nSPS) is 14.4. The Balaban J connectivity index is 1.37. The van der Waals surface area contributed by atoms with Crippen molar-refractivity contribution in [1.82, 2.24) is 9.80 Å². The Bertz CT molecular complexity index is 1500. The van der Waals surface area contributed by atoms with E-state index in [-0.39, 0.29) is 25.0 Å². The lowest BCUT2D eigenvalue weighted by atomic mass is 10.1. The van der Waals surface area contributed by atoms with E-state index in [1.807, 2.05) is 60.7 Å². The fourth-order valence-electron chi connectivity index (χ4n) is 4.13. The second-order valence-electron chi connectivity index (χ2n) is 9.03. The van der Waals surface area contributed by atoms with Crippen LogP contribution in [0.4, 0.5) is 4.79 Å². The van der Waals surface area contributed by atoms with Gasteiger partial charge in [-0.1, -0.05) is 83.3 Å². The van der Waals surface area contributed by atoms with Gasteiger partial charge in [0.15, 0.2) is 0 Å². The third kappa shape index (κ3) is 6.63. The number of carbonyl (C=O) groups is 2. The number of carbonyl (C=O) groups excluding carboxylic acids is 2. The molecule has 0 saturated carbocycles. The smallest absolute Gasteiger partial charge is 0.332 e. The van der Waals surface area contributed by atoms with Gasteiger partial charge in [-0.2, -0.15) is 0 Å². The summed E-state index contributed by atoms with van der Waals surface area (Å²) in [6.45, 7) is 0.771. The van der Waals surface area contributed by atoms with Crippen LogP contribution in [0, 0.1) is 0 Å². The first-order chi connectivity index (χ1) is 18.9. The number of urea groups is 1. The van der Waals surface area contributed by atoms with Gasteiger partial charge in [0.05, 0.1) is 13.1 Å². The number of ether oxygens (including phenoxy) is 1. The maximum absolute atomic E-state index is 13.5. The Morgan fingerprint density at radius 1 is 0.590 bits per heavy atom. The zero-order valence-corrected chi connectivity index (χ0v) is 23.0. The van der Waals surface area contributed by atoms with Crippen LogP contribution in [-0.2, 0) is 24.5 Å². The van der Waals surface area contributed by atoms with E-state index in [2.05, 4.69) is 0 Å². The molecule has 5 rings (SSSR count). The fraction of sp³-hybridized carbons (Fsp3) is 0.0968. The van der Waals surface area contributed by atoms with Crippen LogP contribution in [0.15, 0.2) is 103 Å². The van der Waals surface area contributed by atoms with Crippen LogP contribution in [-0.4, -0.2) is 21.7 Å². The molecule has 1 saturated heterocycles. The van der Waals surface area contributed by atoms with Crippen molar-refractivity contribution in [2.75, 3.05) is 0 Å². The predicted molar refractivity (Wildman–Crippen MR) is 155 cm³/mol. The molecule has 0 unspecified atom stereocenters. The van der Waals surface area contributed by atoms with Crippen molar-refractivity contribution in [2.45, 2.75) is 19.7 Å². The first-order valence-corrected chi connectivity index (χ1v) is 13.3. The zero-order chi connectivity index (χ0) is 27.4. The van der Waals surface area contributed by atoms with Crippen molar-refractivity contribution in [3.63, 3.8) is 0 Å². The third-order valence-corrected chi connectivity index (χ3v) is 6.98. The van der Waals surface area contributed by atoms with E-state index in [4.69, 9.17) is 39.5 Å². The number of amides is 3. The molecular weight excluding hydrogens is 555 g/mol. The lowest BCUT2D eigenvalue weighted by molar-refractivity contribution is -0.123. The molecule has 4 aromatic rings. The van der Waals surface area contributed by atoms with Crippen molar-refractivity contribution in [2.24, 2.45) is 0 Å². The minimum Gasteiger partial charge on any atom is -0.489 e. The van der Waals surface area contributed by atoms with Gasteiger partial charge in [-0.3, -0.25) is 14.6 Å². The molecule has 8 heteroatoms. The Hall–Kier alpha value is -3.77. The summed E-state index contributed by atoms with van der Waals surface area (Å²) in [5.74, 6) is 0.315. The second kappa shape index (κ2) is 12.0. The molecule has 196 valence electrons. The minimum atomic E-state index is -0.390. The molecule has 0 aliphatic carbocycles. The number of halogens is 3. The number of hydrogen-bond acceptors (Lipinski definition) is 3. The van der Waals surface area contributed by atoms with E-state index in [1.54, 1.807) is 42.5 Å². The highest BCUT2D eigenvalue weighted by atomic mass is 35.5. The first kappa shape index (κ1) is 26.8. The van der Waals surface area contributed by atoms with Crippen LogP contribution < -0.4 is 4.74 Å². The van der Waals surface area contributed by atoms with E-state index >= 15 is 0 Å². The zero-order valence-electron chi connectivity index (χ0n) is 20.7.